The van der Waals surface area contributed by atoms with E-state index in [4.69, 9.17) is 30.5 Å². The minimum absolute atomic E-state index is 0.155. The van der Waals surface area contributed by atoms with Crippen molar-refractivity contribution in [3.05, 3.63) is 69.5 Å². The number of ether oxygens (including phenoxy) is 4. The van der Waals surface area contributed by atoms with Gasteiger partial charge in [0.2, 0.25) is 5.78 Å². The van der Waals surface area contributed by atoms with Crippen LogP contribution in [-0.2, 0) is 11.3 Å². The number of benzene rings is 2. The average molecular weight is 399 g/mol. The molecule has 0 fully saturated rings. The van der Waals surface area contributed by atoms with Crippen LogP contribution in [0.3, 0.4) is 0 Å². The molecule has 2 aliphatic rings. The summed E-state index contributed by atoms with van der Waals surface area (Å²) in [6.45, 7) is 8.56. The molecule has 2 aliphatic heterocycles. The lowest BCUT2D eigenvalue weighted by molar-refractivity contribution is -0.0165. The van der Waals surface area contributed by atoms with Crippen molar-refractivity contribution in [3.8, 4) is 17.2 Å². The Morgan fingerprint density at radius 3 is 2.93 bits per heavy atom. The fraction of sp³-hybridized carbons (Fsp3) is 0.227. The summed E-state index contributed by atoms with van der Waals surface area (Å²) in [5, 5.41) is 0.536. The summed E-state index contributed by atoms with van der Waals surface area (Å²) in [5.41, 5.74) is 3.70. The molecule has 0 saturated carbocycles. The number of carbonyl (C=O) groups is 1. The highest BCUT2D eigenvalue weighted by atomic mass is 35.5. The Kier molecular flexibility index (Phi) is 4.87. The normalized spacial score (nSPS) is 16.2. The summed E-state index contributed by atoms with van der Waals surface area (Å²) in [5.74, 6) is 1.85. The lowest BCUT2D eigenvalue weighted by Crippen LogP contribution is -2.12. The molecule has 2 heterocycles. The number of allylic oxidation sites excluding steroid dienone is 1. The van der Waals surface area contributed by atoms with E-state index in [0.717, 1.165) is 16.7 Å². The van der Waals surface area contributed by atoms with Gasteiger partial charge in [0, 0.05) is 21.7 Å². The third-order valence-electron chi connectivity index (χ3n) is 4.50. The fourth-order valence-electron chi connectivity index (χ4n) is 3.18. The molecule has 0 aliphatic carbocycles. The van der Waals surface area contributed by atoms with Crippen molar-refractivity contribution in [1.82, 2.24) is 0 Å². The van der Waals surface area contributed by atoms with Gasteiger partial charge in [0.1, 0.15) is 23.9 Å². The predicted molar refractivity (Wildman–Crippen MR) is 106 cm³/mol. The topological polar surface area (TPSA) is 54.0 Å². The van der Waals surface area contributed by atoms with Crippen molar-refractivity contribution in [2.45, 2.75) is 20.5 Å². The Balaban J connectivity index is 1.69. The first-order valence-electron chi connectivity index (χ1n) is 8.82. The van der Waals surface area contributed by atoms with E-state index < -0.39 is 0 Å². The van der Waals surface area contributed by atoms with Crippen molar-refractivity contribution in [3.63, 3.8) is 0 Å². The van der Waals surface area contributed by atoms with E-state index in [2.05, 4.69) is 6.58 Å². The smallest absolute Gasteiger partial charge is 0.231 e. The number of ketones is 1. The lowest BCUT2D eigenvalue weighted by atomic mass is 10.0. The molecule has 0 spiro atoms. The zero-order valence-corrected chi connectivity index (χ0v) is 16.4. The van der Waals surface area contributed by atoms with Gasteiger partial charge in [-0.3, -0.25) is 4.79 Å². The molecule has 0 aromatic heterocycles. The van der Waals surface area contributed by atoms with Crippen LogP contribution >= 0.6 is 11.6 Å². The van der Waals surface area contributed by atoms with Gasteiger partial charge >= 0.3 is 0 Å². The first-order valence-corrected chi connectivity index (χ1v) is 9.20. The Morgan fingerprint density at radius 2 is 2.14 bits per heavy atom. The molecule has 6 heteroatoms. The molecule has 0 radical (unpaired) electrons. The second kappa shape index (κ2) is 7.34. The van der Waals surface area contributed by atoms with Gasteiger partial charge in [0.05, 0.1) is 12.2 Å². The Morgan fingerprint density at radius 1 is 1.32 bits per heavy atom. The second-order valence-electron chi connectivity index (χ2n) is 6.84. The predicted octanol–water partition coefficient (Wildman–Crippen LogP) is 5.09. The zero-order chi connectivity index (χ0) is 19.8. The Labute approximate surface area is 168 Å². The van der Waals surface area contributed by atoms with Gasteiger partial charge in [-0.15, -0.1) is 0 Å². The summed E-state index contributed by atoms with van der Waals surface area (Å²) < 4.78 is 22.6. The van der Waals surface area contributed by atoms with Gasteiger partial charge in [-0.1, -0.05) is 18.2 Å². The molecule has 4 rings (SSSR count). The molecule has 0 unspecified atom stereocenters. The van der Waals surface area contributed by atoms with Gasteiger partial charge in [-0.25, -0.2) is 0 Å². The van der Waals surface area contributed by atoms with E-state index in [1.54, 1.807) is 30.3 Å². The minimum Gasteiger partial charge on any atom is -0.489 e. The van der Waals surface area contributed by atoms with Crippen molar-refractivity contribution in [2.75, 3.05) is 13.4 Å². The Bertz CT molecular complexity index is 1020. The van der Waals surface area contributed by atoms with Gasteiger partial charge in [0.15, 0.2) is 12.6 Å². The van der Waals surface area contributed by atoms with Gasteiger partial charge < -0.3 is 18.9 Å². The van der Waals surface area contributed by atoms with E-state index in [1.165, 1.54) is 0 Å². The molecule has 0 N–H and O–H groups in total. The van der Waals surface area contributed by atoms with Crippen molar-refractivity contribution < 1.29 is 23.7 Å². The van der Waals surface area contributed by atoms with Crippen LogP contribution in [0.5, 0.6) is 17.2 Å². The number of carbonyl (C=O) groups excluding carboxylic acids is 1. The van der Waals surface area contributed by atoms with Gasteiger partial charge in [-0.05, 0) is 49.8 Å². The first kappa shape index (κ1) is 18.6. The number of hydrogen-bond acceptors (Lipinski definition) is 5. The number of rotatable bonds is 4. The molecule has 2 aromatic rings. The molecule has 5 nitrogen and oxygen atoms in total. The van der Waals surface area contributed by atoms with Gasteiger partial charge in [-0.2, -0.15) is 0 Å². The highest BCUT2D eigenvalue weighted by molar-refractivity contribution is 6.31. The van der Waals surface area contributed by atoms with Crippen molar-refractivity contribution in [1.29, 1.82) is 0 Å². The molecular formula is C22H19ClO5. The Hall–Kier alpha value is -2.76. The number of Topliss-reactive ketones (excluding diaryl/α,β-unsaturated/α-hetero) is 1. The van der Waals surface area contributed by atoms with E-state index in [9.17, 15) is 4.79 Å². The van der Waals surface area contributed by atoms with E-state index >= 15 is 0 Å². The van der Waals surface area contributed by atoms with Crippen LogP contribution in [0.4, 0.5) is 0 Å². The third-order valence-corrected chi connectivity index (χ3v) is 4.72. The van der Waals surface area contributed by atoms with Crippen LogP contribution < -0.4 is 14.2 Å². The summed E-state index contributed by atoms with van der Waals surface area (Å²) in [4.78, 5) is 12.8. The molecule has 0 bridgehead atoms. The van der Waals surface area contributed by atoms with E-state index in [1.807, 2.05) is 13.8 Å². The molecular weight excluding hydrogens is 380 g/mol. The quantitative estimate of drug-likeness (QED) is 0.530. The number of fused-ring (bicyclic) bond motifs is 2. The fourth-order valence-corrected chi connectivity index (χ4v) is 3.43. The molecule has 0 amide bonds. The summed E-state index contributed by atoms with van der Waals surface area (Å²) in [6.07, 6.45) is 1.66. The maximum Gasteiger partial charge on any atom is 0.231 e. The first-order chi connectivity index (χ1) is 13.4. The van der Waals surface area contributed by atoms with Crippen LogP contribution in [0, 0.1) is 6.92 Å². The highest BCUT2D eigenvalue weighted by Gasteiger charge is 2.31. The minimum atomic E-state index is -0.190. The maximum absolute atomic E-state index is 12.8. The maximum atomic E-state index is 12.8. The monoisotopic (exact) mass is 398 g/mol. The molecule has 2 aromatic carbocycles. The highest BCUT2D eigenvalue weighted by Crippen LogP contribution is 2.40. The lowest BCUT2D eigenvalue weighted by Gasteiger charge is -2.20. The molecule has 28 heavy (non-hydrogen) atoms. The van der Waals surface area contributed by atoms with Crippen LogP contribution in [-0.4, -0.2) is 19.2 Å². The largest absolute Gasteiger partial charge is 0.489 e. The number of hydrogen-bond donors (Lipinski definition) is 0. The van der Waals surface area contributed by atoms with Crippen LogP contribution in [0.15, 0.2) is 42.2 Å². The average Bonchev–Trinajstić information content (AvgIpc) is 2.98. The summed E-state index contributed by atoms with van der Waals surface area (Å²) in [7, 11) is 0. The van der Waals surface area contributed by atoms with Crippen LogP contribution in [0.25, 0.3) is 6.08 Å². The molecule has 0 saturated heterocycles. The van der Waals surface area contributed by atoms with Crippen LogP contribution in [0.2, 0.25) is 5.02 Å². The number of halogens is 1. The molecule has 0 atom stereocenters. The second-order valence-corrected chi connectivity index (χ2v) is 7.28. The zero-order valence-electron chi connectivity index (χ0n) is 15.6. The summed E-state index contributed by atoms with van der Waals surface area (Å²) in [6, 6.07) is 7.03. The third kappa shape index (κ3) is 3.39. The standard InChI is InChI=1S/C22H19ClO5/c1-12(2)9-26-18-5-4-17-20(24)19(28-21(17)13(18)3)8-14-6-16(23)7-15-10-25-11-27-22(14)15/h4-8H,1,9-11H2,2-3H3/b19-8-. The summed E-state index contributed by atoms with van der Waals surface area (Å²) >= 11 is 6.21. The van der Waals surface area contributed by atoms with Gasteiger partial charge in [0.25, 0.3) is 0 Å². The van der Waals surface area contributed by atoms with Crippen molar-refractivity contribution >= 4 is 23.5 Å². The molecule has 144 valence electrons. The van der Waals surface area contributed by atoms with Crippen LogP contribution in [0.1, 0.15) is 34.0 Å². The van der Waals surface area contributed by atoms with E-state index in [0.29, 0.717) is 46.6 Å². The van der Waals surface area contributed by atoms with Crippen molar-refractivity contribution in [2.24, 2.45) is 0 Å². The SMILES string of the molecule is C=C(C)COc1ccc2c(c1C)O/C(=C\c1cc(Cl)cc3c1OCOC3)C2=O. The van der Waals surface area contributed by atoms with E-state index in [-0.39, 0.29) is 18.3 Å².